The molecule has 0 unspecified atom stereocenters. The Hall–Kier alpha value is -1.86. The smallest absolute Gasteiger partial charge is 0.397 e. The van der Waals surface area contributed by atoms with Crippen molar-refractivity contribution < 1.29 is 35.8 Å². The molecule has 2 nitrogen and oxygen atoms in total. The Morgan fingerprint density at radius 3 is 1.80 bits per heavy atom. The van der Waals surface area contributed by atoms with Gasteiger partial charge in [-0.05, 0) is 81.5 Å². The molecule has 0 atom stereocenters. The van der Waals surface area contributed by atoms with Crippen molar-refractivity contribution in [3.8, 4) is 11.5 Å². The Labute approximate surface area is 204 Å². The highest BCUT2D eigenvalue weighted by molar-refractivity contribution is 5.35. The summed E-state index contributed by atoms with van der Waals surface area (Å²) in [4.78, 5) is 0. The third kappa shape index (κ3) is 8.94. The number of alkyl halides is 4. The van der Waals surface area contributed by atoms with E-state index in [0.717, 1.165) is 31.6 Å². The van der Waals surface area contributed by atoms with Crippen LogP contribution in [-0.2, 0) is 0 Å². The molecule has 0 bridgehead atoms. The molecule has 0 aliphatic heterocycles. The van der Waals surface area contributed by atoms with E-state index in [-0.39, 0.29) is 12.3 Å². The fourth-order valence-corrected chi connectivity index (χ4v) is 5.45. The molecule has 2 aliphatic carbocycles. The molecule has 2 aliphatic rings. The Kier molecular flexibility index (Phi) is 10.2. The SMILES string of the molecule is CCCC1CCC(C=CC2CCC(CCC(F)(F)Oc3cc(F)c(OC(F)F)c(F)c3)CC2)CC1. The van der Waals surface area contributed by atoms with Gasteiger partial charge in [0, 0.05) is 12.1 Å². The average molecular weight is 507 g/mol. The van der Waals surface area contributed by atoms with Gasteiger partial charge in [0.15, 0.2) is 17.4 Å². The Balaban J connectivity index is 1.40. The van der Waals surface area contributed by atoms with Gasteiger partial charge < -0.3 is 9.47 Å². The quantitative estimate of drug-likeness (QED) is 0.220. The Morgan fingerprint density at radius 1 is 0.857 bits per heavy atom. The number of hydrogen-bond acceptors (Lipinski definition) is 2. The van der Waals surface area contributed by atoms with Crippen LogP contribution < -0.4 is 9.47 Å². The van der Waals surface area contributed by atoms with Crippen LogP contribution in [0.2, 0.25) is 0 Å². The molecule has 0 amide bonds. The molecule has 35 heavy (non-hydrogen) atoms. The second-order valence-corrected chi connectivity index (χ2v) is 10.1. The molecule has 2 fully saturated rings. The van der Waals surface area contributed by atoms with Gasteiger partial charge in [-0.1, -0.05) is 31.9 Å². The highest BCUT2D eigenvalue weighted by Crippen LogP contribution is 2.38. The maximum absolute atomic E-state index is 14.3. The molecule has 1 aromatic carbocycles. The van der Waals surface area contributed by atoms with E-state index in [1.807, 2.05) is 0 Å². The summed E-state index contributed by atoms with van der Waals surface area (Å²) < 4.78 is 88.7. The second kappa shape index (κ2) is 12.9. The molecule has 0 N–H and O–H groups in total. The minimum absolute atomic E-state index is 0.147. The van der Waals surface area contributed by atoms with E-state index in [9.17, 15) is 26.3 Å². The molecule has 8 heteroatoms. The lowest BCUT2D eigenvalue weighted by Crippen LogP contribution is -2.26. The van der Waals surface area contributed by atoms with E-state index in [0.29, 0.717) is 24.0 Å². The van der Waals surface area contributed by atoms with Crippen molar-refractivity contribution in [2.24, 2.45) is 23.7 Å². The van der Waals surface area contributed by atoms with Crippen molar-refractivity contribution in [1.29, 1.82) is 0 Å². The molecular weight excluding hydrogens is 470 g/mol. The topological polar surface area (TPSA) is 18.5 Å². The first-order valence-electron chi connectivity index (χ1n) is 12.8. The van der Waals surface area contributed by atoms with Crippen LogP contribution in [0.25, 0.3) is 0 Å². The Morgan fingerprint density at radius 2 is 1.34 bits per heavy atom. The van der Waals surface area contributed by atoms with Crippen LogP contribution in [0.1, 0.15) is 84.0 Å². The van der Waals surface area contributed by atoms with E-state index in [1.165, 1.54) is 38.5 Å². The van der Waals surface area contributed by atoms with Gasteiger partial charge in [0.05, 0.1) is 6.42 Å². The first kappa shape index (κ1) is 27.7. The van der Waals surface area contributed by atoms with E-state index in [2.05, 4.69) is 28.5 Å². The standard InChI is InChI=1S/C27H36F6O2/c1-2-3-18-4-6-19(7-5-18)8-9-20-10-12-21(13-11-20)14-15-27(32,33)35-22-16-23(28)25(24(29)17-22)34-26(30)31/h8-9,16-21,26H,2-7,10-15H2,1H3. The summed E-state index contributed by atoms with van der Waals surface area (Å²) in [6, 6.07) is 0.838. The minimum atomic E-state index is -3.63. The number of rotatable bonds is 11. The fourth-order valence-electron chi connectivity index (χ4n) is 5.45. The summed E-state index contributed by atoms with van der Waals surface area (Å²) in [7, 11) is 0. The third-order valence-corrected chi connectivity index (χ3v) is 7.42. The lowest BCUT2D eigenvalue weighted by atomic mass is 9.77. The van der Waals surface area contributed by atoms with Crippen molar-refractivity contribution in [2.45, 2.75) is 96.7 Å². The second-order valence-electron chi connectivity index (χ2n) is 10.1. The first-order valence-corrected chi connectivity index (χ1v) is 12.8. The summed E-state index contributed by atoms with van der Waals surface area (Å²) in [5.41, 5.74) is 0. The van der Waals surface area contributed by atoms with Gasteiger partial charge in [-0.2, -0.15) is 17.6 Å². The zero-order valence-corrected chi connectivity index (χ0v) is 20.3. The number of halogens is 6. The van der Waals surface area contributed by atoms with Crippen LogP contribution in [0.15, 0.2) is 24.3 Å². The highest BCUT2D eigenvalue weighted by Gasteiger charge is 2.34. The van der Waals surface area contributed by atoms with Gasteiger partial charge in [-0.3, -0.25) is 0 Å². The predicted molar refractivity (Wildman–Crippen MR) is 123 cm³/mol. The third-order valence-electron chi connectivity index (χ3n) is 7.42. The molecule has 0 spiro atoms. The Bertz CT molecular complexity index is 789. The van der Waals surface area contributed by atoms with Gasteiger partial charge in [0.2, 0.25) is 0 Å². The van der Waals surface area contributed by atoms with Crippen molar-refractivity contribution in [3.05, 3.63) is 35.9 Å². The molecule has 0 aromatic heterocycles. The van der Waals surface area contributed by atoms with E-state index in [1.54, 1.807) is 0 Å². The predicted octanol–water partition coefficient (Wildman–Crippen LogP) is 9.29. The van der Waals surface area contributed by atoms with Gasteiger partial charge in [-0.25, -0.2) is 8.78 Å². The van der Waals surface area contributed by atoms with Gasteiger partial charge in [-0.15, -0.1) is 0 Å². The minimum Gasteiger partial charge on any atom is -0.432 e. The molecule has 0 heterocycles. The first-order chi connectivity index (χ1) is 16.6. The zero-order valence-electron chi connectivity index (χ0n) is 20.3. The lowest BCUT2D eigenvalue weighted by molar-refractivity contribution is -0.183. The number of hydrogen-bond donors (Lipinski definition) is 0. The van der Waals surface area contributed by atoms with Crippen LogP contribution >= 0.6 is 0 Å². The van der Waals surface area contributed by atoms with Crippen molar-refractivity contribution >= 4 is 0 Å². The van der Waals surface area contributed by atoms with Gasteiger partial charge >= 0.3 is 12.7 Å². The van der Waals surface area contributed by atoms with Crippen LogP contribution in [0.4, 0.5) is 26.3 Å². The van der Waals surface area contributed by atoms with Crippen LogP contribution in [-0.4, -0.2) is 12.7 Å². The van der Waals surface area contributed by atoms with E-state index >= 15 is 0 Å². The van der Waals surface area contributed by atoms with Crippen LogP contribution in [0.3, 0.4) is 0 Å². The molecule has 0 saturated heterocycles. The summed E-state index contributed by atoms with van der Waals surface area (Å²) in [5.74, 6) is -2.96. The summed E-state index contributed by atoms with van der Waals surface area (Å²) in [6.07, 6.45) is 12.2. The molecule has 0 radical (unpaired) electrons. The fraction of sp³-hybridized carbons (Fsp3) is 0.704. The number of ether oxygens (including phenoxy) is 2. The van der Waals surface area contributed by atoms with E-state index in [4.69, 9.17) is 0 Å². The summed E-state index contributed by atoms with van der Waals surface area (Å²) in [5, 5.41) is 0. The maximum atomic E-state index is 14.3. The van der Waals surface area contributed by atoms with Crippen LogP contribution in [0.5, 0.6) is 11.5 Å². The normalized spacial score (nSPS) is 25.8. The molecule has 198 valence electrons. The van der Waals surface area contributed by atoms with Crippen molar-refractivity contribution in [2.75, 3.05) is 0 Å². The molecule has 2 saturated carbocycles. The average Bonchev–Trinajstić information content (AvgIpc) is 2.80. The molecular formula is C27H36F6O2. The van der Waals surface area contributed by atoms with Crippen molar-refractivity contribution in [3.63, 3.8) is 0 Å². The zero-order chi connectivity index (χ0) is 25.4. The summed E-state index contributed by atoms with van der Waals surface area (Å²) in [6.45, 7) is -1.20. The monoisotopic (exact) mass is 506 g/mol. The summed E-state index contributed by atoms with van der Waals surface area (Å²) >= 11 is 0. The maximum Gasteiger partial charge on any atom is 0.397 e. The molecule has 3 rings (SSSR count). The largest absolute Gasteiger partial charge is 0.432 e. The van der Waals surface area contributed by atoms with Crippen molar-refractivity contribution in [1.82, 2.24) is 0 Å². The molecule has 1 aromatic rings. The number of benzene rings is 1. The lowest BCUT2D eigenvalue weighted by Gasteiger charge is -2.29. The highest BCUT2D eigenvalue weighted by atomic mass is 19.3. The van der Waals surface area contributed by atoms with Gasteiger partial charge in [0.1, 0.15) is 5.75 Å². The van der Waals surface area contributed by atoms with E-state index < -0.39 is 42.3 Å². The van der Waals surface area contributed by atoms with Gasteiger partial charge in [0.25, 0.3) is 0 Å². The van der Waals surface area contributed by atoms with Crippen LogP contribution in [0, 0.1) is 35.3 Å². The number of allylic oxidation sites excluding steroid dienone is 2.